The maximum atomic E-state index is 12.1. The van der Waals surface area contributed by atoms with Crippen LogP contribution in [0.2, 0.25) is 0 Å². The van der Waals surface area contributed by atoms with Gasteiger partial charge in [0.05, 0.1) is 6.20 Å². The van der Waals surface area contributed by atoms with Crippen molar-refractivity contribution in [2.75, 3.05) is 11.6 Å². The summed E-state index contributed by atoms with van der Waals surface area (Å²) in [7, 11) is 0. The van der Waals surface area contributed by atoms with Crippen molar-refractivity contribution in [3.8, 4) is 0 Å². The zero-order valence-electron chi connectivity index (χ0n) is 10.4. The number of nitrogens with zero attached hydrogens (tertiary/aromatic N) is 1. The van der Waals surface area contributed by atoms with E-state index in [4.69, 9.17) is 0 Å². The Kier molecular flexibility index (Phi) is 4.04. The highest BCUT2D eigenvalue weighted by atomic mass is 32.2. The number of nitrogens with one attached hydrogen (secondary N) is 2. The number of benzene rings is 1. The molecule has 0 bridgehead atoms. The molecular formula is C13H15N3OS. The second kappa shape index (κ2) is 5.73. The number of aromatic nitrogens is 2. The van der Waals surface area contributed by atoms with E-state index in [0.29, 0.717) is 11.4 Å². The molecule has 0 aliphatic carbocycles. The van der Waals surface area contributed by atoms with E-state index >= 15 is 0 Å². The van der Waals surface area contributed by atoms with Gasteiger partial charge in [0.25, 0.3) is 5.91 Å². The summed E-state index contributed by atoms with van der Waals surface area (Å²) in [4.78, 5) is 12.1. The molecule has 94 valence electrons. The molecule has 0 saturated carbocycles. The minimum atomic E-state index is -0.120. The highest BCUT2D eigenvalue weighted by molar-refractivity contribution is 7.97. The van der Waals surface area contributed by atoms with Crippen molar-refractivity contribution in [3.05, 3.63) is 47.2 Å². The summed E-state index contributed by atoms with van der Waals surface area (Å²) in [5.74, 6) is 1.44. The predicted molar refractivity (Wildman–Crippen MR) is 74.9 cm³/mol. The Bertz CT molecular complexity index is 551. The molecular weight excluding hydrogens is 246 g/mol. The van der Waals surface area contributed by atoms with Crippen LogP contribution in [-0.4, -0.2) is 22.4 Å². The van der Waals surface area contributed by atoms with Crippen LogP contribution >= 0.6 is 11.8 Å². The molecule has 2 aromatic rings. The van der Waals surface area contributed by atoms with Crippen LogP contribution in [0.25, 0.3) is 0 Å². The van der Waals surface area contributed by atoms with E-state index in [1.165, 1.54) is 0 Å². The minimum Gasteiger partial charge on any atom is -0.307 e. The fourth-order valence-corrected chi connectivity index (χ4v) is 2.14. The lowest BCUT2D eigenvalue weighted by Gasteiger charge is -2.05. The molecule has 1 aromatic carbocycles. The number of anilines is 1. The summed E-state index contributed by atoms with van der Waals surface area (Å²) in [6, 6.07) is 7.65. The summed E-state index contributed by atoms with van der Waals surface area (Å²) >= 11 is 1.74. The number of amides is 1. The van der Waals surface area contributed by atoms with Crippen molar-refractivity contribution >= 4 is 23.5 Å². The van der Waals surface area contributed by atoms with Gasteiger partial charge in [0.15, 0.2) is 0 Å². The normalized spacial score (nSPS) is 10.3. The van der Waals surface area contributed by atoms with Gasteiger partial charge in [-0.3, -0.25) is 9.89 Å². The van der Waals surface area contributed by atoms with Gasteiger partial charge in [-0.25, -0.2) is 0 Å². The van der Waals surface area contributed by atoms with Crippen LogP contribution in [0, 0.1) is 6.92 Å². The van der Waals surface area contributed by atoms with Crippen LogP contribution in [0.3, 0.4) is 0 Å². The number of rotatable bonds is 4. The summed E-state index contributed by atoms with van der Waals surface area (Å²) in [5.41, 5.74) is 2.73. The van der Waals surface area contributed by atoms with Crippen molar-refractivity contribution in [1.82, 2.24) is 10.2 Å². The SMILES string of the molecule is CSCc1cccc(C(=O)Nc2[nH]ncc2C)c1. The first-order valence-electron chi connectivity index (χ1n) is 5.60. The molecule has 1 aromatic heterocycles. The number of H-pyrrole nitrogens is 1. The van der Waals surface area contributed by atoms with E-state index in [2.05, 4.69) is 15.5 Å². The number of hydrogen-bond donors (Lipinski definition) is 2. The third kappa shape index (κ3) is 2.92. The van der Waals surface area contributed by atoms with E-state index in [1.54, 1.807) is 18.0 Å². The van der Waals surface area contributed by atoms with Gasteiger partial charge in [0.2, 0.25) is 0 Å². The highest BCUT2D eigenvalue weighted by Crippen LogP contribution is 2.14. The molecule has 1 amide bonds. The molecule has 0 aliphatic heterocycles. The van der Waals surface area contributed by atoms with Crippen LogP contribution in [-0.2, 0) is 5.75 Å². The predicted octanol–water partition coefficient (Wildman–Crippen LogP) is 2.83. The average Bonchev–Trinajstić information content (AvgIpc) is 2.76. The number of carbonyl (C=O) groups excluding carboxylic acids is 1. The molecule has 0 fully saturated rings. The van der Waals surface area contributed by atoms with E-state index < -0.39 is 0 Å². The number of thioether (sulfide) groups is 1. The lowest BCUT2D eigenvalue weighted by molar-refractivity contribution is 0.102. The maximum Gasteiger partial charge on any atom is 0.256 e. The molecule has 4 nitrogen and oxygen atoms in total. The van der Waals surface area contributed by atoms with Crippen LogP contribution < -0.4 is 5.32 Å². The molecule has 18 heavy (non-hydrogen) atoms. The minimum absolute atomic E-state index is 0.120. The molecule has 0 saturated heterocycles. The third-order valence-electron chi connectivity index (χ3n) is 2.57. The quantitative estimate of drug-likeness (QED) is 0.889. The van der Waals surface area contributed by atoms with E-state index in [9.17, 15) is 4.79 Å². The van der Waals surface area contributed by atoms with Gasteiger partial charge < -0.3 is 5.32 Å². The van der Waals surface area contributed by atoms with Gasteiger partial charge in [-0.05, 0) is 30.9 Å². The Morgan fingerprint density at radius 1 is 1.50 bits per heavy atom. The van der Waals surface area contributed by atoms with Gasteiger partial charge in [0, 0.05) is 16.9 Å². The number of carbonyl (C=O) groups is 1. The fraction of sp³-hybridized carbons (Fsp3) is 0.231. The molecule has 1 heterocycles. The molecule has 0 unspecified atom stereocenters. The Balaban J connectivity index is 2.14. The van der Waals surface area contributed by atoms with E-state index in [1.807, 2.05) is 37.4 Å². The van der Waals surface area contributed by atoms with Crippen LogP contribution in [0.15, 0.2) is 30.5 Å². The maximum absolute atomic E-state index is 12.1. The first kappa shape index (κ1) is 12.7. The van der Waals surface area contributed by atoms with E-state index in [0.717, 1.165) is 16.9 Å². The summed E-state index contributed by atoms with van der Waals surface area (Å²) in [5, 5.41) is 9.44. The van der Waals surface area contributed by atoms with Gasteiger partial charge >= 0.3 is 0 Å². The Morgan fingerprint density at radius 2 is 2.33 bits per heavy atom. The number of aromatic amines is 1. The van der Waals surface area contributed by atoms with Crippen molar-refractivity contribution < 1.29 is 4.79 Å². The van der Waals surface area contributed by atoms with Gasteiger partial charge in [0.1, 0.15) is 5.82 Å². The largest absolute Gasteiger partial charge is 0.307 e. The summed E-state index contributed by atoms with van der Waals surface area (Å²) in [6.07, 6.45) is 3.72. The van der Waals surface area contributed by atoms with Crippen molar-refractivity contribution in [3.63, 3.8) is 0 Å². The Labute approximate surface area is 110 Å². The molecule has 2 N–H and O–H groups in total. The Morgan fingerprint density at radius 3 is 3.00 bits per heavy atom. The topological polar surface area (TPSA) is 57.8 Å². The van der Waals surface area contributed by atoms with Crippen LogP contribution in [0.1, 0.15) is 21.5 Å². The van der Waals surface area contributed by atoms with Crippen molar-refractivity contribution in [2.24, 2.45) is 0 Å². The van der Waals surface area contributed by atoms with Gasteiger partial charge in [-0.2, -0.15) is 16.9 Å². The lowest BCUT2D eigenvalue weighted by atomic mass is 10.1. The third-order valence-corrected chi connectivity index (χ3v) is 3.19. The van der Waals surface area contributed by atoms with Crippen LogP contribution in [0.4, 0.5) is 5.82 Å². The zero-order valence-corrected chi connectivity index (χ0v) is 11.2. The van der Waals surface area contributed by atoms with Crippen molar-refractivity contribution in [1.29, 1.82) is 0 Å². The monoisotopic (exact) mass is 261 g/mol. The van der Waals surface area contributed by atoms with Crippen molar-refractivity contribution in [2.45, 2.75) is 12.7 Å². The second-order valence-electron chi connectivity index (χ2n) is 4.02. The molecule has 5 heteroatoms. The average molecular weight is 261 g/mol. The standard InChI is InChI=1S/C13H15N3OS/c1-9-7-14-16-12(9)15-13(17)11-5-3-4-10(6-11)8-18-2/h3-7H,8H2,1-2H3,(H2,14,15,16,17). The fourth-order valence-electron chi connectivity index (χ4n) is 1.63. The van der Waals surface area contributed by atoms with Gasteiger partial charge in [-0.15, -0.1) is 0 Å². The summed E-state index contributed by atoms with van der Waals surface area (Å²) < 4.78 is 0. The number of hydrogen-bond acceptors (Lipinski definition) is 3. The summed E-state index contributed by atoms with van der Waals surface area (Å²) in [6.45, 7) is 1.89. The highest BCUT2D eigenvalue weighted by Gasteiger charge is 2.09. The lowest BCUT2D eigenvalue weighted by Crippen LogP contribution is -2.13. The molecule has 0 spiro atoms. The first-order valence-corrected chi connectivity index (χ1v) is 6.99. The van der Waals surface area contributed by atoms with Gasteiger partial charge in [-0.1, -0.05) is 12.1 Å². The van der Waals surface area contributed by atoms with Crippen LogP contribution in [0.5, 0.6) is 0 Å². The molecule has 2 rings (SSSR count). The zero-order chi connectivity index (χ0) is 13.0. The molecule has 0 atom stereocenters. The smallest absolute Gasteiger partial charge is 0.256 e. The first-order chi connectivity index (χ1) is 8.70. The Hall–Kier alpha value is -1.75. The molecule has 0 aliphatic rings. The van der Waals surface area contributed by atoms with E-state index in [-0.39, 0.29) is 5.91 Å². The second-order valence-corrected chi connectivity index (χ2v) is 4.88. The number of aryl methyl sites for hydroxylation is 1. The molecule has 0 radical (unpaired) electrons.